The summed E-state index contributed by atoms with van der Waals surface area (Å²) < 4.78 is 0. The summed E-state index contributed by atoms with van der Waals surface area (Å²) in [5, 5.41) is 0. The second-order valence-electron chi connectivity index (χ2n) is 5.69. The van der Waals surface area contributed by atoms with Gasteiger partial charge in [0.05, 0.1) is 0 Å². The Hall–Kier alpha value is -0.520. The molecule has 0 amide bonds. The molecule has 3 saturated carbocycles. The quantitative estimate of drug-likeness (QED) is 0.506. The molecule has 0 nitrogen and oxygen atoms in total. The summed E-state index contributed by atoms with van der Waals surface area (Å²) in [5.74, 6) is 4.09. The standard InChI is InChI=1S/C14H18/c1-2-8-5-11-7-12(8)14-10-4-3-9(6-10)13(11)14/h2,10-12,14H,3-7H2,1H3. The minimum Gasteiger partial charge on any atom is -0.0881 e. The molecule has 74 valence electrons. The summed E-state index contributed by atoms with van der Waals surface area (Å²) in [6.45, 7) is 2.25. The van der Waals surface area contributed by atoms with Crippen LogP contribution in [0.15, 0.2) is 22.8 Å². The average molecular weight is 186 g/mol. The minimum atomic E-state index is 0.989. The van der Waals surface area contributed by atoms with Gasteiger partial charge in [-0.1, -0.05) is 22.8 Å². The van der Waals surface area contributed by atoms with Crippen molar-refractivity contribution in [3.63, 3.8) is 0 Å². The van der Waals surface area contributed by atoms with E-state index in [1.165, 1.54) is 32.1 Å². The predicted molar refractivity (Wildman–Crippen MR) is 57.8 cm³/mol. The molecule has 0 aromatic carbocycles. The van der Waals surface area contributed by atoms with Gasteiger partial charge in [-0.25, -0.2) is 0 Å². The highest BCUT2D eigenvalue weighted by atomic mass is 14.6. The summed E-state index contributed by atoms with van der Waals surface area (Å²) >= 11 is 0. The van der Waals surface area contributed by atoms with E-state index >= 15 is 0 Å². The van der Waals surface area contributed by atoms with Gasteiger partial charge in [0.1, 0.15) is 0 Å². The second kappa shape index (κ2) is 2.35. The molecule has 4 bridgehead atoms. The summed E-state index contributed by atoms with van der Waals surface area (Å²) in [7, 11) is 0. The van der Waals surface area contributed by atoms with E-state index in [1.54, 1.807) is 5.57 Å². The molecular formula is C14H18. The summed E-state index contributed by atoms with van der Waals surface area (Å²) in [4.78, 5) is 0. The first-order valence-corrected chi connectivity index (χ1v) is 6.25. The Bertz CT molecular complexity index is 358. The lowest BCUT2D eigenvalue weighted by atomic mass is 9.74. The third-order valence-corrected chi connectivity index (χ3v) is 5.34. The SMILES string of the molecule is CC=C1CC2CC1C1C2=C2CCC1C2. The first-order valence-electron chi connectivity index (χ1n) is 6.25. The number of allylic oxidation sites excluding steroid dienone is 4. The van der Waals surface area contributed by atoms with Gasteiger partial charge in [-0.2, -0.15) is 0 Å². The fourth-order valence-corrected chi connectivity index (χ4v) is 4.97. The zero-order chi connectivity index (χ0) is 9.28. The molecule has 0 spiro atoms. The van der Waals surface area contributed by atoms with Crippen LogP contribution in [0.4, 0.5) is 0 Å². The summed E-state index contributed by atoms with van der Waals surface area (Å²) in [5.41, 5.74) is 5.68. The Labute approximate surface area is 86.1 Å². The predicted octanol–water partition coefficient (Wildman–Crippen LogP) is 3.70. The lowest BCUT2D eigenvalue weighted by molar-refractivity contribution is 0.340. The molecule has 0 saturated heterocycles. The van der Waals surface area contributed by atoms with E-state index in [-0.39, 0.29) is 0 Å². The van der Waals surface area contributed by atoms with Crippen LogP contribution in [0.25, 0.3) is 0 Å². The zero-order valence-corrected chi connectivity index (χ0v) is 8.92. The van der Waals surface area contributed by atoms with Crippen LogP contribution in [-0.4, -0.2) is 0 Å². The normalized spacial score (nSPS) is 51.1. The largest absolute Gasteiger partial charge is 0.0881 e. The van der Waals surface area contributed by atoms with Gasteiger partial charge in [-0.15, -0.1) is 0 Å². The van der Waals surface area contributed by atoms with Crippen molar-refractivity contribution in [2.24, 2.45) is 23.7 Å². The topological polar surface area (TPSA) is 0 Å². The molecule has 4 unspecified atom stereocenters. The lowest BCUT2D eigenvalue weighted by Gasteiger charge is -2.30. The number of fused-ring (bicyclic) bond motifs is 8. The van der Waals surface area contributed by atoms with Crippen LogP contribution in [0.2, 0.25) is 0 Å². The molecule has 3 fully saturated rings. The van der Waals surface area contributed by atoms with Crippen molar-refractivity contribution in [2.45, 2.75) is 39.0 Å². The van der Waals surface area contributed by atoms with E-state index in [0.29, 0.717) is 0 Å². The Morgan fingerprint density at radius 3 is 3.07 bits per heavy atom. The Morgan fingerprint density at radius 1 is 1.29 bits per heavy atom. The maximum Gasteiger partial charge on any atom is -0.0100 e. The van der Waals surface area contributed by atoms with Gasteiger partial charge in [0.15, 0.2) is 0 Å². The average Bonchev–Trinajstić information content (AvgIpc) is 2.94. The van der Waals surface area contributed by atoms with E-state index in [9.17, 15) is 0 Å². The molecule has 14 heavy (non-hydrogen) atoms. The maximum absolute atomic E-state index is 2.41. The smallest absolute Gasteiger partial charge is 0.0100 e. The van der Waals surface area contributed by atoms with Crippen molar-refractivity contribution in [3.8, 4) is 0 Å². The molecular weight excluding hydrogens is 168 g/mol. The molecule has 4 aliphatic rings. The first kappa shape index (κ1) is 7.73. The van der Waals surface area contributed by atoms with Crippen molar-refractivity contribution < 1.29 is 0 Å². The van der Waals surface area contributed by atoms with Gasteiger partial charge < -0.3 is 0 Å². The molecule has 0 radical (unpaired) electrons. The third kappa shape index (κ3) is 0.699. The van der Waals surface area contributed by atoms with E-state index in [0.717, 1.165) is 23.7 Å². The highest BCUT2D eigenvalue weighted by Crippen LogP contribution is 2.65. The zero-order valence-electron chi connectivity index (χ0n) is 8.92. The molecule has 4 aliphatic carbocycles. The van der Waals surface area contributed by atoms with E-state index < -0.39 is 0 Å². The Morgan fingerprint density at radius 2 is 2.21 bits per heavy atom. The van der Waals surface area contributed by atoms with Gasteiger partial charge in [0.25, 0.3) is 0 Å². The van der Waals surface area contributed by atoms with Crippen molar-refractivity contribution >= 4 is 0 Å². The van der Waals surface area contributed by atoms with Crippen LogP contribution in [0.1, 0.15) is 39.0 Å². The van der Waals surface area contributed by atoms with E-state index in [2.05, 4.69) is 13.0 Å². The number of rotatable bonds is 0. The van der Waals surface area contributed by atoms with Crippen LogP contribution in [0.5, 0.6) is 0 Å². The highest BCUT2D eigenvalue weighted by Gasteiger charge is 2.54. The van der Waals surface area contributed by atoms with Crippen molar-refractivity contribution in [2.75, 3.05) is 0 Å². The molecule has 4 rings (SSSR count). The van der Waals surface area contributed by atoms with Crippen molar-refractivity contribution in [3.05, 3.63) is 22.8 Å². The van der Waals surface area contributed by atoms with Crippen LogP contribution in [0, 0.1) is 23.7 Å². The molecule has 0 heteroatoms. The van der Waals surface area contributed by atoms with Gasteiger partial charge >= 0.3 is 0 Å². The molecule has 0 N–H and O–H groups in total. The second-order valence-corrected chi connectivity index (χ2v) is 5.69. The molecule has 0 aromatic rings. The maximum atomic E-state index is 2.41. The Kier molecular flexibility index (Phi) is 1.30. The molecule has 4 atom stereocenters. The van der Waals surface area contributed by atoms with Gasteiger partial charge in [-0.3, -0.25) is 0 Å². The number of hydrogen-bond acceptors (Lipinski definition) is 0. The minimum absolute atomic E-state index is 0.989. The monoisotopic (exact) mass is 186 g/mol. The van der Waals surface area contributed by atoms with Crippen molar-refractivity contribution in [1.29, 1.82) is 0 Å². The fourth-order valence-electron chi connectivity index (χ4n) is 4.97. The summed E-state index contributed by atoms with van der Waals surface area (Å²) in [6.07, 6.45) is 9.82. The van der Waals surface area contributed by atoms with Gasteiger partial charge in [0, 0.05) is 0 Å². The van der Waals surface area contributed by atoms with Crippen LogP contribution >= 0.6 is 0 Å². The van der Waals surface area contributed by atoms with E-state index in [4.69, 9.17) is 0 Å². The molecule has 0 aromatic heterocycles. The van der Waals surface area contributed by atoms with Gasteiger partial charge in [0.2, 0.25) is 0 Å². The van der Waals surface area contributed by atoms with Gasteiger partial charge in [-0.05, 0) is 62.7 Å². The van der Waals surface area contributed by atoms with Crippen LogP contribution < -0.4 is 0 Å². The fraction of sp³-hybridized carbons (Fsp3) is 0.714. The molecule has 0 heterocycles. The lowest BCUT2D eigenvalue weighted by Crippen LogP contribution is -2.21. The van der Waals surface area contributed by atoms with Crippen LogP contribution in [0.3, 0.4) is 0 Å². The molecule has 0 aliphatic heterocycles. The number of hydrogen-bond donors (Lipinski definition) is 0. The summed E-state index contributed by atoms with van der Waals surface area (Å²) in [6, 6.07) is 0. The third-order valence-electron chi connectivity index (χ3n) is 5.34. The highest BCUT2D eigenvalue weighted by molar-refractivity contribution is 5.42. The Balaban J connectivity index is 1.85. The first-order chi connectivity index (χ1) is 6.88. The van der Waals surface area contributed by atoms with E-state index in [1.807, 2.05) is 11.1 Å². The van der Waals surface area contributed by atoms with Crippen LogP contribution in [-0.2, 0) is 0 Å². The van der Waals surface area contributed by atoms with Crippen molar-refractivity contribution in [1.82, 2.24) is 0 Å².